The molecule has 1 heterocycles. The molecule has 1 unspecified atom stereocenters. The Morgan fingerprint density at radius 3 is 2.55 bits per heavy atom. The molecule has 0 aliphatic carbocycles. The highest BCUT2D eigenvalue weighted by Crippen LogP contribution is 2.18. The van der Waals surface area contributed by atoms with Crippen molar-refractivity contribution in [1.82, 2.24) is 9.47 Å². The predicted molar refractivity (Wildman–Crippen MR) is 70.5 cm³/mol. The van der Waals surface area contributed by atoms with Crippen LogP contribution < -0.4 is 0 Å². The number of nitrogens with zero attached hydrogens (tertiary/aromatic N) is 3. The van der Waals surface area contributed by atoms with Crippen molar-refractivity contribution in [3.63, 3.8) is 0 Å². The van der Waals surface area contributed by atoms with Crippen LogP contribution in [0, 0.1) is 10.1 Å². The first-order valence-corrected chi connectivity index (χ1v) is 6.11. The second kappa shape index (κ2) is 6.18. The minimum absolute atomic E-state index is 0.0956. The zero-order chi connectivity index (χ0) is 15.4. The van der Waals surface area contributed by atoms with Crippen LogP contribution in [0.5, 0.6) is 0 Å². The number of aryl methyl sites for hydroxylation is 1. The number of nitro groups is 1. The van der Waals surface area contributed by atoms with E-state index in [1.165, 1.54) is 22.7 Å². The molecule has 20 heavy (non-hydrogen) atoms. The standard InChI is InChI=1S/C12H17N3O5/c1-4-8(2)14(7-11(16)17)12(18)10-5-9(15(19)20)6-13(10)3/h5-6,8H,4,7H2,1-3H3,(H,16,17). The lowest BCUT2D eigenvalue weighted by molar-refractivity contribution is -0.384. The lowest BCUT2D eigenvalue weighted by Crippen LogP contribution is -2.42. The molecule has 1 amide bonds. The van der Waals surface area contributed by atoms with Gasteiger partial charge in [-0.05, 0) is 13.3 Å². The van der Waals surface area contributed by atoms with Crippen LogP contribution in [0.25, 0.3) is 0 Å². The molecular weight excluding hydrogens is 266 g/mol. The third-order valence-electron chi connectivity index (χ3n) is 3.11. The van der Waals surface area contributed by atoms with Crippen molar-refractivity contribution in [3.05, 3.63) is 28.1 Å². The van der Waals surface area contributed by atoms with Crippen molar-refractivity contribution in [2.24, 2.45) is 7.05 Å². The van der Waals surface area contributed by atoms with Gasteiger partial charge < -0.3 is 14.6 Å². The van der Waals surface area contributed by atoms with Crippen LogP contribution in [0.3, 0.4) is 0 Å². The molecular formula is C12H17N3O5. The van der Waals surface area contributed by atoms with Crippen LogP contribution in [0.2, 0.25) is 0 Å². The molecule has 1 N–H and O–H groups in total. The molecule has 1 aromatic rings. The van der Waals surface area contributed by atoms with Crippen molar-refractivity contribution in [2.45, 2.75) is 26.3 Å². The molecule has 0 aromatic carbocycles. The van der Waals surface area contributed by atoms with Gasteiger partial charge in [0.1, 0.15) is 12.2 Å². The number of hydrogen-bond donors (Lipinski definition) is 1. The van der Waals surface area contributed by atoms with Gasteiger partial charge in [0.25, 0.3) is 11.6 Å². The van der Waals surface area contributed by atoms with E-state index in [0.717, 1.165) is 6.07 Å². The average molecular weight is 283 g/mol. The van der Waals surface area contributed by atoms with E-state index in [1.807, 2.05) is 6.92 Å². The van der Waals surface area contributed by atoms with Crippen molar-refractivity contribution in [3.8, 4) is 0 Å². The average Bonchev–Trinajstić information content (AvgIpc) is 2.76. The van der Waals surface area contributed by atoms with E-state index in [1.54, 1.807) is 6.92 Å². The first kappa shape index (κ1) is 15.7. The van der Waals surface area contributed by atoms with Crippen LogP contribution in [-0.2, 0) is 11.8 Å². The normalized spacial score (nSPS) is 11.9. The van der Waals surface area contributed by atoms with Gasteiger partial charge in [-0.15, -0.1) is 0 Å². The number of aliphatic carboxylic acids is 1. The smallest absolute Gasteiger partial charge is 0.323 e. The van der Waals surface area contributed by atoms with Gasteiger partial charge in [-0.1, -0.05) is 6.92 Å². The zero-order valence-corrected chi connectivity index (χ0v) is 11.6. The number of carboxylic acids is 1. The number of amides is 1. The summed E-state index contributed by atoms with van der Waals surface area (Å²) >= 11 is 0. The van der Waals surface area contributed by atoms with Gasteiger partial charge >= 0.3 is 5.97 Å². The highest BCUT2D eigenvalue weighted by atomic mass is 16.6. The van der Waals surface area contributed by atoms with Crippen LogP contribution >= 0.6 is 0 Å². The highest BCUT2D eigenvalue weighted by molar-refractivity contribution is 5.95. The van der Waals surface area contributed by atoms with Gasteiger partial charge in [0, 0.05) is 19.2 Å². The Hall–Kier alpha value is -2.38. The summed E-state index contributed by atoms with van der Waals surface area (Å²) in [5.74, 6) is -1.65. The fraction of sp³-hybridized carbons (Fsp3) is 0.500. The Labute approximate surface area is 115 Å². The number of carbonyl (C=O) groups excluding carboxylic acids is 1. The largest absolute Gasteiger partial charge is 0.480 e. The summed E-state index contributed by atoms with van der Waals surface area (Å²) in [4.78, 5) is 34.5. The van der Waals surface area contributed by atoms with Crippen molar-refractivity contribution in [2.75, 3.05) is 6.54 Å². The summed E-state index contributed by atoms with van der Waals surface area (Å²) in [5.41, 5.74) is -0.103. The number of carboxylic acid groups (broad SMARTS) is 1. The minimum atomic E-state index is -1.12. The maximum atomic E-state index is 12.4. The molecule has 0 fully saturated rings. The molecule has 0 spiro atoms. The molecule has 1 rings (SSSR count). The van der Waals surface area contributed by atoms with Gasteiger partial charge in [-0.2, -0.15) is 0 Å². The van der Waals surface area contributed by atoms with Crippen molar-refractivity contribution >= 4 is 17.6 Å². The number of rotatable bonds is 6. The van der Waals surface area contributed by atoms with Gasteiger partial charge in [0.2, 0.25) is 0 Å². The molecule has 0 aliphatic heterocycles. The number of hydrogen-bond acceptors (Lipinski definition) is 4. The molecule has 0 bridgehead atoms. The minimum Gasteiger partial charge on any atom is -0.480 e. The van der Waals surface area contributed by atoms with E-state index in [2.05, 4.69) is 0 Å². The summed E-state index contributed by atoms with van der Waals surface area (Å²) in [6.45, 7) is 3.13. The van der Waals surface area contributed by atoms with E-state index >= 15 is 0 Å². The molecule has 0 radical (unpaired) electrons. The Morgan fingerprint density at radius 2 is 2.15 bits per heavy atom. The summed E-state index contributed by atoms with van der Waals surface area (Å²) in [6.07, 6.45) is 1.81. The maximum absolute atomic E-state index is 12.4. The highest BCUT2D eigenvalue weighted by Gasteiger charge is 2.26. The van der Waals surface area contributed by atoms with Crippen LogP contribution in [0.1, 0.15) is 30.8 Å². The topological polar surface area (TPSA) is 106 Å². The predicted octanol–water partition coefficient (Wildman–Crippen LogP) is 1.26. The lowest BCUT2D eigenvalue weighted by Gasteiger charge is -2.26. The van der Waals surface area contributed by atoms with E-state index < -0.39 is 23.3 Å². The Balaban J connectivity index is 3.11. The number of carbonyl (C=O) groups is 2. The fourth-order valence-electron chi connectivity index (χ4n) is 1.80. The van der Waals surface area contributed by atoms with E-state index in [-0.39, 0.29) is 17.4 Å². The molecule has 1 aromatic heterocycles. The Morgan fingerprint density at radius 1 is 1.55 bits per heavy atom. The van der Waals surface area contributed by atoms with Crippen LogP contribution in [0.15, 0.2) is 12.3 Å². The summed E-state index contributed by atoms with van der Waals surface area (Å²) in [7, 11) is 1.51. The third-order valence-corrected chi connectivity index (χ3v) is 3.11. The third kappa shape index (κ3) is 3.34. The first-order valence-electron chi connectivity index (χ1n) is 6.11. The lowest BCUT2D eigenvalue weighted by atomic mass is 10.2. The zero-order valence-electron chi connectivity index (χ0n) is 11.6. The molecule has 0 saturated heterocycles. The van der Waals surface area contributed by atoms with Gasteiger partial charge in [-0.3, -0.25) is 19.7 Å². The fourth-order valence-corrected chi connectivity index (χ4v) is 1.80. The molecule has 110 valence electrons. The molecule has 0 saturated carbocycles. The van der Waals surface area contributed by atoms with E-state index in [9.17, 15) is 19.7 Å². The van der Waals surface area contributed by atoms with Gasteiger partial charge in [0.05, 0.1) is 11.1 Å². The number of aromatic nitrogens is 1. The SMILES string of the molecule is CCC(C)N(CC(=O)O)C(=O)c1cc([N+](=O)[O-])cn1C. The quantitative estimate of drug-likeness (QED) is 0.625. The van der Waals surface area contributed by atoms with Crippen molar-refractivity contribution < 1.29 is 19.6 Å². The van der Waals surface area contributed by atoms with Gasteiger partial charge in [-0.25, -0.2) is 0 Å². The summed E-state index contributed by atoms with van der Waals surface area (Å²) in [5, 5.41) is 19.6. The molecule has 8 heteroatoms. The van der Waals surface area contributed by atoms with Crippen molar-refractivity contribution in [1.29, 1.82) is 0 Å². The van der Waals surface area contributed by atoms with Gasteiger partial charge in [0.15, 0.2) is 0 Å². The summed E-state index contributed by atoms with van der Waals surface area (Å²) in [6, 6.07) is 0.882. The summed E-state index contributed by atoms with van der Waals surface area (Å²) < 4.78 is 1.33. The van der Waals surface area contributed by atoms with E-state index in [4.69, 9.17) is 5.11 Å². The monoisotopic (exact) mass is 283 g/mol. The Bertz CT molecular complexity index is 537. The Kier molecular flexibility index (Phi) is 4.84. The molecule has 1 atom stereocenters. The second-order valence-electron chi connectivity index (χ2n) is 4.54. The first-order chi connectivity index (χ1) is 9.27. The second-order valence-corrected chi connectivity index (χ2v) is 4.54. The molecule has 8 nitrogen and oxygen atoms in total. The maximum Gasteiger partial charge on any atom is 0.323 e. The molecule has 0 aliphatic rings. The van der Waals surface area contributed by atoms with Crippen LogP contribution in [-0.4, -0.2) is 44.0 Å². The van der Waals surface area contributed by atoms with E-state index in [0.29, 0.717) is 6.42 Å². The van der Waals surface area contributed by atoms with Crippen LogP contribution in [0.4, 0.5) is 5.69 Å².